The van der Waals surface area contributed by atoms with Crippen LogP contribution in [0, 0.1) is 6.92 Å². The summed E-state index contributed by atoms with van der Waals surface area (Å²) in [7, 11) is 0. The number of phenolic OH excluding ortho intramolecular Hbond substituents is 1. The van der Waals surface area contributed by atoms with E-state index < -0.39 is 5.97 Å². The van der Waals surface area contributed by atoms with Gasteiger partial charge in [0.15, 0.2) is 0 Å². The number of aromatic hydroxyl groups is 1. The number of rotatable bonds is 2. The summed E-state index contributed by atoms with van der Waals surface area (Å²) in [6.45, 7) is 1.91. The molecule has 15 heavy (non-hydrogen) atoms. The molecule has 0 spiro atoms. The Kier molecular flexibility index (Phi) is 2.11. The van der Waals surface area contributed by atoms with Gasteiger partial charge in [-0.2, -0.15) is 0 Å². The Hall–Kier alpha value is -1.97. The van der Waals surface area contributed by atoms with Crippen molar-refractivity contribution in [2.75, 3.05) is 0 Å². The maximum atomic E-state index is 10.6. The highest BCUT2D eigenvalue weighted by molar-refractivity contribution is 5.93. The highest BCUT2D eigenvalue weighted by atomic mass is 16.4. The highest BCUT2D eigenvalue weighted by Gasteiger charge is 2.12. The van der Waals surface area contributed by atoms with Crippen LogP contribution in [-0.4, -0.2) is 21.2 Å². The monoisotopic (exact) mass is 205 g/mol. The molecule has 0 unspecified atom stereocenters. The first-order valence-electron chi connectivity index (χ1n) is 4.60. The first-order valence-corrected chi connectivity index (χ1v) is 4.60. The average molecular weight is 205 g/mol. The smallest absolute Gasteiger partial charge is 0.307 e. The van der Waals surface area contributed by atoms with E-state index in [1.807, 2.05) is 6.92 Å². The van der Waals surface area contributed by atoms with E-state index in [9.17, 15) is 9.90 Å². The van der Waals surface area contributed by atoms with E-state index in [0.717, 1.165) is 11.1 Å². The molecule has 4 heteroatoms. The van der Waals surface area contributed by atoms with E-state index in [-0.39, 0.29) is 12.2 Å². The first kappa shape index (κ1) is 9.58. The summed E-state index contributed by atoms with van der Waals surface area (Å²) < 4.78 is 0. The number of H-pyrrole nitrogens is 1. The van der Waals surface area contributed by atoms with Crippen LogP contribution in [-0.2, 0) is 11.2 Å². The summed E-state index contributed by atoms with van der Waals surface area (Å²) in [4.78, 5) is 13.6. The van der Waals surface area contributed by atoms with Gasteiger partial charge in [-0.1, -0.05) is 6.07 Å². The summed E-state index contributed by atoms with van der Waals surface area (Å²) in [5, 5.41) is 19.0. The Bertz CT molecular complexity index is 528. The third kappa shape index (κ3) is 1.54. The van der Waals surface area contributed by atoms with Gasteiger partial charge in [0.1, 0.15) is 5.75 Å². The van der Waals surface area contributed by atoms with E-state index in [1.165, 1.54) is 0 Å². The quantitative estimate of drug-likeness (QED) is 0.700. The van der Waals surface area contributed by atoms with Gasteiger partial charge in [-0.05, 0) is 24.1 Å². The maximum absolute atomic E-state index is 10.6. The number of aromatic nitrogens is 1. The molecule has 0 aliphatic rings. The standard InChI is InChI=1S/C11H11NO3/c1-6-2-3-8(13)10-7(4-9(14)15)5-12-11(6)10/h2-3,5,12-13H,4H2,1H3,(H,14,15). The lowest BCUT2D eigenvalue weighted by Gasteiger charge is -2.00. The van der Waals surface area contributed by atoms with Gasteiger partial charge in [0.2, 0.25) is 0 Å². The van der Waals surface area contributed by atoms with Gasteiger partial charge >= 0.3 is 5.97 Å². The highest BCUT2D eigenvalue weighted by Crippen LogP contribution is 2.30. The summed E-state index contributed by atoms with van der Waals surface area (Å²) in [6.07, 6.45) is 1.54. The van der Waals surface area contributed by atoms with Crippen molar-refractivity contribution >= 4 is 16.9 Å². The number of fused-ring (bicyclic) bond motifs is 1. The SMILES string of the molecule is Cc1ccc(O)c2c(CC(=O)O)c[nH]c12. The van der Waals surface area contributed by atoms with Crippen molar-refractivity contribution in [3.63, 3.8) is 0 Å². The molecule has 4 nitrogen and oxygen atoms in total. The van der Waals surface area contributed by atoms with Crippen LogP contribution in [0.3, 0.4) is 0 Å². The number of phenols is 1. The Morgan fingerprint density at radius 2 is 2.20 bits per heavy atom. The number of hydrogen-bond donors (Lipinski definition) is 3. The Morgan fingerprint density at radius 3 is 2.87 bits per heavy atom. The number of aromatic amines is 1. The predicted molar refractivity (Wildman–Crippen MR) is 56.0 cm³/mol. The van der Waals surface area contributed by atoms with E-state index in [4.69, 9.17) is 5.11 Å². The van der Waals surface area contributed by atoms with Gasteiger partial charge in [0.25, 0.3) is 0 Å². The van der Waals surface area contributed by atoms with Gasteiger partial charge in [0.05, 0.1) is 11.9 Å². The number of carboxylic acid groups (broad SMARTS) is 1. The van der Waals surface area contributed by atoms with Crippen molar-refractivity contribution in [2.24, 2.45) is 0 Å². The zero-order chi connectivity index (χ0) is 11.0. The minimum Gasteiger partial charge on any atom is -0.507 e. The van der Waals surface area contributed by atoms with Crippen molar-refractivity contribution in [1.29, 1.82) is 0 Å². The van der Waals surface area contributed by atoms with Crippen LogP contribution in [0.1, 0.15) is 11.1 Å². The number of nitrogens with one attached hydrogen (secondary N) is 1. The molecule has 0 radical (unpaired) electrons. The molecule has 0 aliphatic carbocycles. The summed E-state index contributed by atoms with van der Waals surface area (Å²) in [5.74, 6) is -0.787. The summed E-state index contributed by atoms with van der Waals surface area (Å²) >= 11 is 0. The number of hydrogen-bond acceptors (Lipinski definition) is 2. The number of benzene rings is 1. The molecular formula is C11H11NO3. The average Bonchev–Trinajstić information content (AvgIpc) is 2.56. The molecule has 1 heterocycles. The number of aliphatic carboxylic acids is 1. The molecular weight excluding hydrogens is 194 g/mol. The lowest BCUT2D eigenvalue weighted by molar-refractivity contribution is -0.136. The van der Waals surface area contributed by atoms with Gasteiger partial charge < -0.3 is 15.2 Å². The largest absolute Gasteiger partial charge is 0.507 e. The Labute approximate surface area is 86.2 Å². The molecule has 0 saturated heterocycles. The molecule has 0 atom stereocenters. The van der Waals surface area contributed by atoms with E-state index in [1.54, 1.807) is 18.3 Å². The number of aryl methyl sites for hydroxylation is 1. The van der Waals surface area contributed by atoms with Crippen molar-refractivity contribution in [3.05, 3.63) is 29.5 Å². The van der Waals surface area contributed by atoms with Crippen LogP contribution < -0.4 is 0 Å². The molecule has 78 valence electrons. The second-order valence-corrected chi connectivity index (χ2v) is 3.54. The van der Waals surface area contributed by atoms with Crippen molar-refractivity contribution in [1.82, 2.24) is 4.98 Å². The summed E-state index contributed by atoms with van der Waals surface area (Å²) in [6, 6.07) is 3.37. The molecule has 2 aromatic rings. The lowest BCUT2D eigenvalue weighted by Crippen LogP contribution is -1.98. The van der Waals surface area contributed by atoms with Crippen LogP contribution in [0.2, 0.25) is 0 Å². The maximum Gasteiger partial charge on any atom is 0.307 e. The molecule has 0 fully saturated rings. The second kappa shape index (κ2) is 3.31. The van der Waals surface area contributed by atoms with Crippen LogP contribution in [0.15, 0.2) is 18.3 Å². The fraction of sp³-hybridized carbons (Fsp3) is 0.182. The number of carbonyl (C=O) groups is 1. The number of carboxylic acids is 1. The minimum absolute atomic E-state index is 0.0863. The van der Waals surface area contributed by atoms with Gasteiger partial charge in [-0.25, -0.2) is 0 Å². The van der Waals surface area contributed by atoms with Crippen LogP contribution in [0.25, 0.3) is 10.9 Å². The van der Waals surface area contributed by atoms with E-state index in [0.29, 0.717) is 10.9 Å². The first-order chi connectivity index (χ1) is 7.09. The predicted octanol–water partition coefficient (Wildman–Crippen LogP) is 1.81. The zero-order valence-electron chi connectivity index (χ0n) is 8.24. The topological polar surface area (TPSA) is 73.3 Å². The second-order valence-electron chi connectivity index (χ2n) is 3.54. The molecule has 0 saturated carbocycles. The van der Waals surface area contributed by atoms with Crippen molar-refractivity contribution < 1.29 is 15.0 Å². The molecule has 1 aromatic heterocycles. The Morgan fingerprint density at radius 1 is 1.47 bits per heavy atom. The van der Waals surface area contributed by atoms with Gasteiger partial charge in [-0.3, -0.25) is 4.79 Å². The van der Waals surface area contributed by atoms with Gasteiger partial charge in [-0.15, -0.1) is 0 Å². The molecule has 0 amide bonds. The summed E-state index contributed by atoms with van der Waals surface area (Å²) in [5.41, 5.74) is 2.39. The molecule has 2 rings (SSSR count). The van der Waals surface area contributed by atoms with Crippen molar-refractivity contribution in [2.45, 2.75) is 13.3 Å². The third-order valence-electron chi connectivity index (χ3n) is 2.45. The zero-order valence-corrected chi connectivity index (χ0v) is 8.24. The van der Waals surface area contributed by atoms with Crippen LogP contribution in [0.5, 0.6) is 5.75 Å². The lowest BCUT2D eigenvalue weighted by atomic mass is 10.1. The van der Waals surface area contributed by atoms with Crippen LogP contribution in [0.4, 0.5) is 0 Å². The molecule has 0 bridgehead atoms. The van der Waals surface area contributed by atoms with Crippen molar-refractivity contribution in [3.8, 4) is 5.75 Å². The Balaban J connectivity index is 2.67. The van der Waals surface area contributed by atoms with E-state index in [2.05, 4.69) is 4.98 Å². The fourth-order valence-corrected chi connectivity index (χ4v) is 1.74. The normalized spacial score (nSPS) is 10.7. The fourth-order valence-electron chi connectivity index (χ4n) is 1.74. The molecule has 3 N–H and O–H groups in total. The van der Waals surface area contributed by atoms with E-state index >= 15 is 0 Å². The molecule has 0 aliphatic heterocycles. The van der Waals surface area contributed by atoms with Crippen LogP contribution >= 0.6 is 0 Å². The van der Waals surface area contributed by atoms with Gasteiger partial charge in [0, 0.05) is 11.6 Å². The molecule has 1 aromatic carbocycles. The minimum atomic E-state index is -0.906. The third-order valence-corrected chi connectivity index (χ3v) is 2.45.